The summed E-state index contributed by atoms with van der Waals surface area (Å²) in [5.41, 5.74) is -0.164. The number of anilines is 1. The van der Waals surface area contributed by atoms with Crippen LogP contribution in [-0.4, -0.2) is 49.2 Å². The molecule has 0 aromatic heterocycles. The molecule has 2 aromatic rings. The van der Waals surface area contributed by atoms with Gasteiger partial charge < -0.3 is 20.9 Å². The Morgan fingerprint density at radius 3 is 2.33 bits per heavy atom. The van der Waals surface area contributed by atoms with Gasteiger partial charge in [0.05, 0.1) is 11.1 Å². The fraction of sp³-hybridized carbons (Fsp3) is 0.548. The van der Waals surface area contributed by atoms with Crippen molar-refractivity contribution in [3.8, 4) is 0 Å². The Morgan fingerprint density at radius 2 is 1.74 bits per heavy atom. The van der Waals surface area contributed by atoms with Crippen LogP contribution in [0, 0.1) is 17.2 Å². The number of benzene rings is 2. The van der Waals surface area contributed by atoms with Crippen molar-refractivity contribution in [1.82, 2.24) is 15.5 Å². The summed E-state index contributed by atoms with van der Waals surface area (Å²) in [5, 5.41) is 9.85. The molecule has 0 saturated carbocycles. The van der Waals surface area contributed by atoms with E-state index >= 15 is 4.39 Å². The molecule has 238 valence electrons. The van der Waals surface area contributed by atoms with Gasteiger partial charge in [-0.2, -0.15) is 13.2 Å². The molecule has 0 bridgehead atoms. The van der Waals surface area contributed by atoms with E-state index < -0.39 is 23.5 Å². The third-order valence-electron chi connectivity index (χ3n) is 7.58. The number of carbonyl (C=O) groups is 2. The number of halogens is 6. The summed E-state index contributed by atoms with van der Waals surface area (Å²) >= 11 is 12.6. The Bertz CT molecular complexity index is 1290. The number of amides is 3. The first kappa shape index (κ1) is 34.9. The van der Waals surface area contributed by atoms with E-state index in [9.17, 15) is 22.8 Å². The van der Waals surface area contributed by atoms with Crippen LogP contribution in [0.4, 0.5) is 28.0 Å². The summed E-state index contributed by atoms with van der Waals surface area (Å²) in [6.45, 7) is 10.8. The Labute approximate surface area is 260 Å². The molecule has 1 unspecified atom stereocenters. The van der Waals surface area contributed by atoms with E-state index in [1.807, 2.05) is 33.8 Å². The van der Waals surface area contributed by atoms with E-state index in [0.717, 1.165) is 25.9 Å². The Kier molecular flexibility index (Phi) is 11.4. The number of rotatable bonds is 7. The molecular weight excluding hydrogens is 607 g/mol. The normalized spacial score (nSPS) is 19.6. The molecule has 2 aliphatic heterocycles. The summed E-state index contributed by atoms with van der Waals surface area (Å²) in [6.07, 6.45) is -1.69. The van der Waals surface area contributed by atoms with Crippen molar-refractivity contribution >= 4 is 40.8 Å². The van der Waals surface area contributed by atoms with Crippen LogP contribution in [0.5, 0.6) is 0 Å². The van der Waals surface area contributed by atoms with Crippen LogP contribution in [0.3, 0.4) is 0 Å². The van der Waals surface area contributed by atoms with Crippen molar-refractivity contribution < 1.29 is 27.2 Å². The second-order valence-electron chi connectivity index (χ2n) is 12.3. The number of piperidine rings is 1. The van der Waals surface area contributed by atoms with Crippen molar-refractivity contribution in [1.29, 1.82) is 0 Å². The second kappa shape index (κ2) is 14.0. The van der Waals surface area contributed by atoms with Gasteiger partial charge in [0.1, 0.15) is 11.2 Å². The predicted molar refractivity (Wildman–Crippen MR) is 163 cm³/mol. The minimum absolute atomic E-state index is 0.0562. The molecule has 3 N–H and O–H groups in total. The molecule has 3 amide bonds. The maximum atomic E-state index is 15.9. The third-order valence-corrected chi connectivity index (χ3v) is 8.11. The van der Waals surface area contributed by atoms with Gasteiger partial charge in [-0.15, -0.1) is 0 Å². The predicted octanol–water partition coefficient (Wildman–Crippen LogP) is 8.10. The summed E-state index contributed by atoms with van der Waals surface area (Å²) in [5.74, 6) is -0.563. The highest BCUT2D eigenvalue weighted by atomic mass is 35.5. The molecule has 2 aromatic carbocycles. The van der Waals surface area contributed by atoms with Gasteiger partial charge in [0, 0.05) is 36.3 Å². The Morgan fingerprint density at radius 1 is 1.12 bits per heavy atom. The van der Waals surface area contributed by atoms with Gasteiger partial charge in [0.2, 0.25) is 5.91 Å². The zero-order valence-corrected chi connectivity index (χ0v) is 26.6. The highest BCUT2D eigenvalue weighted by Crippen LogP contribution is 2.55. The second-order valence-corrected chi connectivity index (χ2v) is 13.2. The van der Waals surface area contributed by atoms with Crippen LogP contribution in [0.25, 0.3) is 0 Å². The fourth-order valence-electron chi connectivity index (χ4n) is 6.04. The average molecular weight is 648 g/mol. The van der Waals surface area contributed by atoms with E-state index in [0.29, 0.717) is 35.2 Å². The van der Waals surface area contributed by atoms with Crippen molar-refractivity contribution in [2.45, 2.75) is 71.5 Å². The van der Waals surface area contributed by atoms with Gasteiger partial charge in [-0.25, -0.2) is 9.18 Å². The smallest absolute Gasteiger partial charge is 0.338 e. The number of likely N-dealkylation sites (N-methyl/N-ethyl adjacent to an activating group) is 1. The van der Waals surface area contributed by atoms with Gasteiger partial charge in [-0.3, -0.25) is 4.79 Å². The number of nitrogens with zero attached hydrogens (tertiary/aromatic N) is 1. The molecule has 1 fully saturated rings. The molecule has 0 radical (unpaired) electrons. The Hall–Kier alpha value is -2.56. The minimum Gasteiger partial charge on any atom is -0.338 e. The largest absolute Gasteiger partial charge is 0.386 e. The molecule has 6 nitrogen and oxygen atoms in total. The molecule has 2 aliphatic rings. The van der Waals surface area contributed by atoms with Crippen molar-refractivity contribution in [2.24, 2.45) is 11.3 Å². The number of urea groups is 1. The molecule has 1 saturated heterocycles. The maximum absolute atomic E-state index is 15.9. The lowest BCUT2D eigenvalue weighted by molar-refractivity contribution is -0.124. The molecular formula is C31H40Cl2F4N4O2. The molecule has 2 atom stereocenters. The summed E-state index contributed by atoms with van der Waals surface area (Å²) in [6, 6.07) is 8.73. The maximum Gasteiger partial charge on any atom is 0.386 e. The lowest BCUT2D eigenvalue weighted by atomic mass is 9.64. The third kappa shape index (κ3) is 8.76. The van der Waals surface area contributed by atoms with E-state index in [1.54, 1.807) is 29.2 Å². The Balaban J connectivity index is 0.000000934. The quantitative estimate of drug-likeness (QED) is 0.266. The molecule has 0 spiro atoms. The van der Waals surface area contributed by atoms with E-state index in [2.05, 4.69) is 16.0 Å². The monoisotopic (exact) mass is 646 g/mol. The first-order valence-electron chi connectivity index (χ1n) is 14.3. The number of carbonyl (C=O) groups excluding carboxylic acids is 2. The summed E-state index contributed by atoms with van der Waals surface area (Å²) < 4.78 is 46.9. The van der Waals surface area contributed by atoms with Crippen molar-refractivity contribution in [2.75, 3.05) is 31.5 Å². The van der Waals surface area contributed by atoms with Gasteiger partial charge in [0.25, 0.3) is 0 Å². The van der Waals surface area contributed by atoms with Crippen LogP contribution in [0.2, 0.25) is 10.0 Å². The zero-order valence-electron chi connectivity index (χ0n) is 25.1. The highest BCUT2D eigenvalue weighted by Gasteiger charge is 2.57. The number of fused-ring (bicyclic) bond motifs is 1. The lowest BCUT2D eigenvalue weighted by Gasteiger charge is -2.45. The van der Waals surface area contributed by atoms with E-state index in [1.165, 1.54) is 6.07 Å². The first-order valence-corrected chi connectivity index (χ1v) is 15.1. The topological polar surface area (TPSA) is 73.5 Å². The molecule has 12 heteroatoms. The van der Waals surface area contributed by atoms with E-state index in [-0.39, 0.29) is 41.4 Å². The van der Waals surface area contributed by atoms with Crippen LogP contribution >= 0.6 is 23.2 Å². The van der Waals surface area contributed by atoms with Crippen molar-refractivity contribution in [3.05, 3.63) is 63.4 Å². The van der Waals surface area contributed by atoms with Gasteiger partial charge in [0.15, 0.2) is 0 Å². The zero-order chi connectivity index (χ0) is 32.2. The van der Waals surface area contributed by atoms with Gasteiger partial charge >= 0.3 is 12.2 Å². The summed E-state index contributed by atoms with van der Waals surface area (Å²) in [7, 11) is 0. The number of alkyl halides is 3. The standard InChI is InChI=1S/C29H37Cl2FN4O2.C2H3F3/c1-5-36(27(38)34-16-18-11-13-33-14-12-18)25(20-7-6-8-22(31)24(20)32)29(17-28(2,3)4)21-10-9-19(30)15-23(21)35-26(29)37;1-2(3,4)5/h6-10,15,18,25,33H,5,11-14,16-17H2,1-4H3,(H,34,38)(H,35,37);1H3/t25?,29-;/m0./s1. The van der Waals surface area contributed by atoms with E-state index in [4.69, 9.17) is 23.2 Å². The van der Waals surface area contributed by atoms with Crippen LogP contribution < -0.4 is 16.0 Å². The minimum atomic E-state index is -4.00. The van der Waals surface area contributed by atoms with Gasteiger partial charge in [-0.1, -0.05) is 62.2 Å². The van der Waals surface area contributed by atoms with Crippen LogP contribution in [-0.2, 0) is 10.2 Å². The van der Waals surface area contributed by atoms with Crippen molar-refractivity contribution in [3.63, 3.8) is 0 Å². The molecule has 0 aliphatic carbocycles. The number of hydrogen-bond donors (Lipinski definition) is 3. The SMILES string of the molecule is CC(F)(F)F.CCN(C(=O)NCC1CCNCC1)C(c1cccc(Cl)c1F)[C@@]1(CC(C)(C)C)C(=O)Nc2cc(Cl)ccc21. The summed E-state index contributed by atoms with van der Waals surface area (Å²) in [4.78, 5) is 29.6. The number of hydrogen-bond acceptors (Lipinski definition) is 3. The highest BCUT2D eigenvalue weighted by molar-refractivity contribution is 6.31. The van der Waals surface area contributed by atoms with Crippen LogP contribution in [0.15, 0.2) is 36.4 Å². The van der Waals surface area contributed by atoms with Crippen LogP contribution in [0.1, 0.15) is 71.0 Å². The fourth-order valence-corrected chi connectivity index (χ4v) is 6.39. The van der Waals surface area contributed by atoms with Gasteiger partial charge in [-0.05, 0) is 74.4 Å². The molecule has 4 rings (SSSR count). The lowest BCUT2D eigenvalue weighted by Crippen LogP contribution is -2.54. The number of nitrogens with one attached hydrogen (secondary N) is 3. The molecule has 2 heterocycles. The first-order chi connectivity index (χ1) is 20.0. The molecule has 43 heavy (non-hydrogen) atoms. The average Bonchev–Trinajstić information content (AvgIpc) is 3.16.